The van der Waals surface area contributed by atoms with Gasteiger partial charge in [0.2, 0.25) is 0 Å². The van der Waals surface area contributed by atoms with Gasteiger partial charge in [-0.3, -0.25) is 30.0 Å². The van der Waals surface area contributed by atoms with E-state index in [0.717, 1.165) is 12.1 Å². The quantitative estimate of drug-likeness (QED) is 0.0513. The second-order valence-electron chi connectivity index (χ2n) is 13.7. The molecule has 0 spiro atoms. The van der Waals surface area contributed by atoms with Gasteiger partial charge in [-0.05, 0) is 84.9 Å². The van der Waals surface area contributed by atoms with Crippen molar-refractivity contribution in [2.75, 3.05) is 47.6 Å². The van der Waals surface area contributed by atoms with Crippen LogP contribution in [0.5, 0.6) is 0 Å². The first-order valence-corrected chi connectivity index (χ1v) is 20.5. The third-order valence-corrected chi connectivity index (χ3v) is 10.1. The van der Waals surface area contributed by atoms with Crippen molar-refractivity contribution >= 4 is 105 Å². The molecule has 4 amide bonds. The molecule has 21 heteroatoms. The molecular weight excluding hydrogens is 928 g/mol. The summed E-state index contributed by atoms with van der Waals surface area (Å²) in [5, 5.41) is 27.2. The smallest absolute Gasteiger partial charge is 0.258 e. The first-order valence-electron chi connectivity index (χ1n) is 19.0. The van der Waals surface area contributed by atoms with E-state index in [1.807, 2.05) is 0 Å². The summed E-state index contributed by atoms with van der Waals surface area (Å²) >= 11 is 23.6. The lowest BCUT2D eigenvalue weighted by atomic mass is 10.1. The van der Waals surface area contributed by atoms with Crippen molar-refractivity contribution in [2.45, 2.75) is 0 Å². The first-order chi connectivity index (χ1) is 31.1. The molecule has 1 aliphatic rings. The van der Waals surface area contributed by atoms with E-state index in [0.29, 0.717) is 41.9 Å². The van der Waals surface area contributed by atoms with Crippen LogP contribution in [0, 0.1) is 22.5 Å². The number of nitrogens with two attached hydrogens (primary N) is 1. The number of amidine groups is 2. The largest absolute Gasteiger partial charge is 0.384 e. The fourth-order valence-electron chi connectivity index (χ4n) is 5.96. The van der Waals surface area contributed by atoms with Gasteiger partial charge in [0.15, 0.2) is 0 Å². The molecule has 1 fully saturated rings. The highest BCUT2D eigenvalue weighted by atomic mass is 35.5. The van der Waals surface area contributed by atoms with Crippen molar-refractivity contribution in [2.24, 2.45) is 5.73 Å². The Morgan fingerprint density at radius 1 is 0.554 bits per heavy atom. The number of carbonyl (C=O) groups excluding carboxylic acids is 4. The average molecular weight is 963 g/mol. The first kappa shape index (κ1) is 47.5. The summed E-state index contributed by atoms with van der Waals surface area (Å²) < 4.78 is 34.4. The van der Waals surface area contributed by atoms with Crippen LogP contribution in [0.3, 0.4) is 0 Å². The predicted molar refractivity (Wildman–Crippen MR) is 246 cm³/mol. The Hall–Kier alpha value is -7.02. The molecule has 6 aromatic rings. The number of rotatable bonds is 10. The van der Waals surface area contributed by atoms with Crippen molar-refractivity contribution in [3.05, 3.63) is 175 Å². The standard InChI is InChI=1S/C24H20Cl2FN5O3.C20H14Cl2FN5O2/c25-15-2-5-20(18(12-15)24(34)31-21-6-3-16(26)13-29-21)30-23(33)17-4-1-14(11-19(17)27)22(28)32-7-9-35-10-8-32;21-11-2-5-16(14(8-11)20(30)28-17-6-3-12(22)9-26-17)27-19(29)13-4-1-10(18(24)25)7-15(13)23/h1-6,11-13,28H,7-10H2,(H,30,33)(H,29,31,34);1-9H,(H3,24,25)(H,27,29)(H,26,28,30). The Balaban J connectivity index is 0.000000218. The number of halogens is 6. The second-order valence-corrected chi connectivity index (χ2v) is 15.4. The van der Waals surface area contributed by atoms with Gasteiger partial charge in [0.25, 0.3) is 23.6 Å². The maximum absolute atomic E-state index is 14.9. The Morgan fingerprint density at radius 2 is 0.969 bits per heavy atom. The summed E-state index contributed by atoms with van der Waals surface area (Å²) in [5.74, 6) is -4.03. The molecule has 0 radical (unpaired) electrons. The summed E-state index contributed by atoms with van der Waals surface area (Å²) in [7, 11) is 0. The molecule has 15 nitrogen and oxygen atoms in total. The molecule has 1 aliphatic heterocycles. The molecule has 3 heterocycles. The van der Waals surface area contributed by atoms with Crippen molar-refractivity contribution < 1.29 is 32.7 Å². The SMILES string of the molecule is N=C(N)c1ccc(C(=O)Nc2ccc(Cl)cc2C(=O)Nc2ccc(Cl)cn2)c(F)c1.N=C(c1ccc(C(=O)Nc2ccc(Cl)cc2C(=O)Nc2ccc(Cl)cn2)c(F)c1)N1CCOCC1. The number of hydrogen-bond donors (Lipinski definition) is 7. The molecule has 0 aliphatic carbocycles. The number of nitrogen functional groups attached to an aromatic ring is 1. The molecule has 8 N–H and O–H groups in total. The molecule has 0 saturated carbocycles. The van der Waals surface area contributed by atoms with E-state index in [9.17, 15) is 28.0 Å². The minimum atomic E-state index is -0.856. The molecule has 0 unspecified atom stereocenters. The Bertz CT molecular complexity index is 2810. The van der Waals surface area contributed by atoms with Crippen LogP contribution in [-0.4, -0.2) is 76.5 Å². The second kappa shape index (κ2) is 21.6. The van der Waals surface area contributed by atoms with Crippen LogP contribution in [0.4, 0.5) is 31.8 Å². The maximum Gasteiger partial charge on any atom is 0.258 e. The number of benzene rings is 4. The van der Waals surface area contributed by atoms with Gasteiger partial charge in [-0.2, -0.15) is 0 Å². The Kier molecular flexibility index (Phi) is 15.8. The highest BCUT2D eigenvalue weighted by molar-refractivity contribution is 6.32. The van der Waals surface area contributed by atoms with E-state index in [1.165, 1.54) is 85.2 Å². The molecule has 4 aromatic carbocycles. The highest BCUT2D eigenvalue weighted by Crippen LogP contribution is 2.26. The van der Waals surface area contributed by atoms with Crippen LogP contribution < -0.4 is 27.0 Å². The molecule has 0 bridgehead atoms. The molecule has 0 atom stereocenters. The fourth-order valence-corrected chi connectivity index (χ4v) is 6.52. The van der Waals surface area contributed by atoms with Crippen LogP contribution in [0.2, 0.25) is 20.1 Å². The van der Waals surface area contributed by atoms with Gasteiger partial charge in [-0.1, -0.05) is 58.5 Å². The topological polar surface area (TPSA) is 228 Å². The number of nitrogens with zero attached hydrogens (tertiary/aromatic N) is 3. The number of amides is 4. The molecule has 1 saturated heterocycles. The number of morpholine rings is 1. The van der Waals surface area contributed by atoms with Gasteiger partial charge in [-0.25, -0.2) is 18.7 Å². The number of pyridine rings is 2. The number of ether oxygens (including phenoxy) is 1. The fraction of sp³-hybridized carbons (Fsp3) is 0.0909. The number of hydrogen-bond acceptors (Lipinski definition) is 9. The van der Waals surface area contributed by atoms with Crippen molar-refractivity contribution in [1.29, 1.82) is 10.8 Å². The number of carbonyl (C=O) groups is 4. The van der Waals surface area contributed by atoms with Crippen LogP contribution >= 0.6 is 46.4 Å². The van der Waals surface area contributed by atoms with E-state index in [-0.39, 0.29) is 72.5 Å². The zero-order valence-electron chi connectivity index (χ0n) is 33.4. The third kappa shape index (κ3) is 12.6. The molecule has 65 heavy (non-hydrogen) atoms. The molecule has 332 valence electrons. The number of nitrogens with one attached hydrogen (secondary N) is 6. The van der Waals surface area contributed by atoms with E-state index in [1.54, 1.807) is 17.0 Å². The van der Waals surface area contributed by atoms with Gasteiger partial charge in [-0.15, -0.1) is 0 Å². The summed E-state index contributed by atoms with van der Waals surface area (Å²) in [6.45, 7) is 2.07. The van der Waals surface area contributed by atoms with E-state index in [4.69, 9.17) is 67.7 Å². The summed E-state index contributed by atoms with van der Waals surface area (Å²) in [6, 6.07) is 22.2. The zero-order chi connectivity index (χ0) is 46.8. The lowest BCUT2D eigenvalue weighted by Gasteiger charge is -2.29. The molecule has 2 aromatic heterocycles. The van der Waals surface area contributed by atoms with Crippen LogP contribution in [0.1, 0.15) is 52.6 Å². The van der Waals surface area contributed by atoms with Crippen LogP contribution in [0.15, 0.2) is 109 Å². The summed E-state index contributed by atoms with van der Waals surface area (Å²) in [4.78, 5) is 60.7. The Morgan fingerprint density at radius 3 is 1.38 bits per heavy atom. The van der Waals surface area contributed by atoms with Crippen LogP contribution in [-0.2, 0) is 4.74 Å². The summed E-state index contributed by atoms with van der Waals surface area (Å²) in [6.07, 6.45) is 2.74. The van der Waals surface area contributed by atoms with Crippen molar-refractivity contribution in [3.8, 4) is 0 Å². The van der Waals surface area contributed by atoms with Gasteiger partial charge >= 0.3 is 0 Å². The van der Waals surface area contributed by atoms with Crippen LogP contribution in [0.25, 0.3) is 0 Å². The van der Waals surface area contributed by atoms with Gasteiger partial charge in [0.1, 0.15) is 34.9 Å². The molecule has 7 rings (SSSR count). The van der Waals surface area contributed by atoms with Gasteiger partial charge in [0, 0.05) is 46.7 Å². The average Bonchev–Trinajstić information content (AvgIpc) is 3.29. The summed E-state index contributed by atoms with van der Waals surface area (Å²) in [5.41, 5.74) is 5.67. The Labute approximate surface area is 389 Å². The van der Waals surface area contributed by atoms with E-state index in [2.05, 4.69) is 31.2 Å². The highest BCUT2D eigenvalue weighted by Gasteiger charge is 2.22. The van der Waals surface area contributed by atoms with Gasteiger partial charge in [0.05, 0.1) is 56.9 Å². The lowest BCUT2D eigenvalue weighted by Crippen LogP contribution is -2.40. The minimum Gasteiger partial charge on any atom is -0.384 e. The molecular formula is C44H34Cl4F2N10O5. The minimum absolute atomic E-state index is 0.0494. The third-order valence-electron chi connectivity index (χ3n) is 9.23. The van der Waals surface area contributed by atoms with E-state index < -0.39 is 35.3 Å². The number of anilines is 4. The van der Waals surface area contributed by atoms with Crippen molar-refractivity contribution in [3.63, 3.8) is 0 Å². The maximum atomic E-state index is 14.9. The number of aromatic nitrogens is 2. The monoisotopic (exact) mass is 960 g/mol. The van der Waals surface area contributed by atoms with Gasteiger partial charge < -0.3 is 36.6 Å². The predicted octanol–water partition coefficient (Wildman–Crippen LogP) is 9.01. The van der Waals surface area contributed by atoms with Crippen molar-refractivity contribution in [1.82, 2.24) is 14.9 Å². The zero-order valence-corrected chi connectivity index (χ0v) is 36.5. The normalized spacial score (nSPS) is 11.9. The lowest BCUT2D eigenvalue weighted by molar-refractivity contribution is 0.0680. The van der Waals surface area contributed by atoms with E-state index >= 15 is 0 Å².